The Morgan fingerprint density at radius 1 is 0.962 bits per heavy atom. The monoisotopic (exact) mass is 348 g/mol. The third-order valence-corrected chi connectivity index (χ3v) is 6.98. The molecule has 3 saturated carbocycles. The second-order valence-corrected chi connectivity index (χ2v) is 8.60. The van der Waals surface area contributed by atoms with Crippen LogP contribution in [-0.4, -0.2) is 11.9 Å². The average Bonchev–Trinajstić information content (AvgIpc) is 2.67. The summed E-state index contributed by atoms with van der Waals surface area (Å²) in [5.74, 6) is 2.08. The third kappa shape index (κ3) is 2.95. The van der Waals surface area contributed by atoms with E-state index in [1.165, 1.54) is 6.42 Å². The molecule has 0 aliphatic heterocycles. The molecule has 0 spiro atoms. The molecule has 2 bridgehead atoms. The van der Waals surface area contributed by atoms with Crippen LogP contribution in [0, 0.1) is 23.2 Å². The molecule has 0 saturated heterocycles. The van der Waals surface area contributed by atoms with Gasteiger partial charge < -0.3 is 0 Å². The van der Waals surface area contributed by atoms with Gasteiger partial charge in [0.15, 0.2) is 0 Å². The van der Waals surface area contributed by atoms with E-state index in [4.69, 9.17) is 0 Å². The number of nitrogens with one attached hydrogen (secondary N) is 2. The van der Waals surface area contributed by atoms with Gasteiger partial charge in [0.25, 0.3) is 5.91 Å². The van der Waals surface area contributed by atoms with Gasteiger partial charge in [-0.25, -0.2) is 5.43 Å². The third-order valence-electron chi connectivity index (χ3n) is 6.98. The topological polar surface area (TPSA) is 41.1 Å². The highest BCUT2D eigenvalue weighted by Gasteiger charge is 2.56. The van der Waals surface area contributed by atoms with Crippen LogP contribution in [0.15, 0.2) is 54.6 Å². The predicted molar refractivity (Wildman–Crippen MR) is 105 cm³/mol. The highest BCUT2D eigenvalue weighted by molar-refractivity contribution is 5.94. The van der Waals surface area contributed by atoms with Gasteiger partial charge in [-0.2, -0.15) is 0 Å². The lowest BCUT2D eigenvalue weighted by Gasteiger charge is -2.62. The molecule has 2 aromatic rings. The van der Waals surface area contributed by atoms with Crippen molar-refractivity contribution >= 4 is 5.91 Å². The van der Waals surface area contributed by atoms with E-state index in [2.05, 4.69) is 43.8 Å². The van der Waals surface area contributed by atoms with Crippen molar-refractivity contribution in [3.05, 3.63) is 60.2 Å². The highest BCUT2D eigenvalue weighted by Crippen LogP contribution is 2.61. The van der Waals surface area contributed by atoms with Gasteiger partial charge >= 0.3 is 0 Å². The number of carbonyl (C=O) groups excluding carboxylic acids is 1. The minimum absolute atomic E-state index is 0.0599. The minimum Gasteiger partial charge on any atom is -0.287 e. The molecule has 3 fully saturated rings. The van der Waals surface area contributed by atoms with E-state index >= 15 is 0 Å². The van der Waals surface area contributed by atoms with Crippen LogP contribution in [-0.2, 0) is 0 Å². The Hall–Kier alpha value is -2.13. The van der Waals surface area contributed by atoms with Gasteiger partial charge in [-0.1, -0.05) is 63.2 Å². The first kappa shape index (κ1) is 17.3. The molecule has 3 nitrogen and oxygen atoms in total. The number of hydrazine groups is 1. The van der Waals surface area contributed by atoms with Crippen molar-refractivity contribution in [3.63, 3.8) is 0 Å². The Morgan fingerprint density at radius 3 is 2.23 bits per heavy atom. The molecule has 3 aliphatic carbocycles. The molecule has 26 heavy (non-hydrogen) atoms. The van der Waals surface area contributed by atoms with E-state index in [0.717, 1.165) is 29.4 Å². The second kappa shape index (κ2) is 6.55. The number of carbonyl (C=O) groups is 1. The Kier molecular flexibility index (Phi) is 4.36. The number of amides is 1. The summed E-state index contributed by atoms with van der Waals surface area (Å²) in [5.41, 5.74) is 9.69. The van der Waals surface area contributed by atoms with Crippen LogP contribution in [0.2, 0.25) is 0 Å². The summed E-state index contributed by atoms with van der Waals surface area (Å²) in [6.45, 7) is 7.11. The van der Waals surface area contributed by atoms with Crippen molar-refractivity contribution < 1.29 is 4.79 Å². The van der Waals surface area contributed by atoms with Gasteiger partial charge in [-0.3, -0.25) is 10.2 Å². The molecule has 3 heteroatoms. The molecule has 3 aliphatic rings. The summed E-state index contributed by atoms with van der Waals surface area (Å²) in [6.07, 6.45) is 2.50. The summed E-state index contributed by atoms with van der Waals surface area (Å²) in [7, 11) is 0. The maximum absolute atomic E-state index is 12.5. The Bertz CT molecular complexity index is 782. The van der Waals surface area contributed by atoms with Crippen LogP contribution in [0.5, 0.6) is 0 Å². The van der Waals surface area contributed by atoms with Gasteiger partial charge in [0.05, 0.1) is 0 Å². The van der Waals surface area contributed by atoms with Crippen LogP contribution in [0.4, 0.5) is 0 Å². The molecule has 1 amide bonds. The lowest BCUT2D eigenvalue weighted by molar-refractivity contribution is -0.116. The first-order valence-corrected chi connectivity index (χ1v) is 9.68. The summed E-state index contributed by atoms with van der Waals surface area (Å²) in [5, 5.41) is 0. The normalized spacial score (nSPS) is 28.9. The molecular weight excluding hydrogens is 320 g/mol. The molecule has 2 N–H and O–H groups in total. The zero-order valence-electron chi connectivity index (χ0n) is 15.8. The molecule has 4 atom stereocenters. The van der Waals surface area contributed by atoms with Gasteiger partial charge in [0.2, 0.25) is 0 Å². The molecule has 0 heterocycles. The standard InChI is InChI=1S/C23H28N2O/c1-15-20-13-19(23(20,2)3)14-21(15)24-25-22(26)18-11-9-17(10-12-18)16-7-5-4-6-8-16/h4-12,15,19-21,24H,13-14H2,1-3H3,(H,25,26)/t15-,19+,20-,21-/m0/s1. The van der Waals surface area contributed by atoms with E-state index < -0.39 is 0 Å². The van der Waals surface area contributed by atoms with Crippen LogP contribution in [0.1, 0.15) is 44.0 Å². The zero-order valence-corrected chi connectivity index (χ0v) is 15.8. The largest absolute Gasteiger partial charge is 0.287 e. The van der Waals surface area contributed by atoms with Crippen molar-refractivity contribution in [2.24, 2.45) is 23.2 Å². The van der Waals surface area contributed by atoms with Gasteiger partial charge in [0, 0.05) is 11.6 Å². The number of hydrogen-bond donors (Lipinski definition) is 2. The van der Waals surface area contributed by atoms with E-state index in [1.54, 1.807) is 0 Å². The maximum Gasteiger partial charge on any atom is 0.265 e. The number of hydrogen-bond acceptors (Lipinski definition) is 2. The average molecular weight is 348 g/mol. The Morgan fingerprint density at radius 2 is 1.62 bits per heavy atom. The Balaban J connectivity index is 1.36. The van der Waals surface area contributed by atoms with E-state index in [0.29, 0.717) is 22.9 Å². The van der Waals surface area contributed by atoms with Crippen LogP contribution in [0.3, 0.4) is 0 Å². The fourth-order valence-electron chi connectivity index (χ4n) is 5.02. The molecule has 0 radical (unpaired) electrons. The molecule has 136 valence electrons. The molecule has 0 aromatic heterocycles. The van der Waals surface area contributed by atoms with Gasteiger partial charge in [-0.15, -0.1) is 0 Å². The van der Waals surface area contributed by atoms with Gasteiger partial charge in [0.1, 0.15) is 0 Å². The first-order valence-electron chi connectivity index (χ1n) is 9.68. The summed E-state index contributed by atoms with van der Waals surface area (Å²) < 4.78 is 0. The second-order valence-electron chi connectivity index (χ2n) is 8.60. The quantitative estimate of drug-likeness (QED) is 0.789. The van der Waals surface area contributed by atoms with Crippen molar-refractivity contribution in [1.82, 2.24) is 10.9 Å². The summed E-state index contributed by atoms with van der Waals surface area (Å²) >= 11 is 0. The van der Waals surface area contributed by atoms with Gasteiger partial charge in [-0.05, 0) is 59.3 Å². The van der Waals surface area contributed by atoms with Crippen LogP contribution in [0.25, 0.3) is 11.1 Å². The smallest absolute Gasteiger partial charge is 0.265 e. The van der Waals surface area contributed by atoms with Crippen molar-refractivity contribution in [3.8, 4) is 11.1 Å². The van der Waals surface area contributed by atoms with Crippen molar-refractivity contribution in [1.29, 1.82) is 0 Å². The lowest BCUT2D eigenvalue weighted by Crippen LogP contribution is -2.62. The van der Waals surface area contributed by atoms with Crippen LogP contribution >= 0.6 is 0 Å². The molecule has 2 aromatic carbocycles. The van der Waals surface area contributed by atoms with Crippen molar-refractivity contribution in [2.75, 3.05) is 0 Å². The number of rotatable bonds is 4. The summed E-state index contributed by atoms with van der Waals surface area (Å²) in [4.78, 5) is 12.5. The van der Waals surface area contributed by atoms with E-state index in [1.807, 2.05) is 42.5 Å². The zero-order chi connectivity index (χ0) is 18.3. The van der Waals surface area contributed by atoms with E-state index in [-0.39, 0.29) is 5.91 Å². The van der Waals surface area contributed by atoms with Crippen LogP contribution < -0.4 is 10.9 Å². The maximum atomic E-state index is 12.5. The molecule has 0 unspecified atom stereocenters. The SMILES string of the molecule is C[C@@H]1[C@@H](NNC(=O)c2ccc(-c3ccccc3)cc2)C[C@H]2C[C@@H]1C2(C)C. The fourth-order valence-corrected chi connectivity index (χ4v) is 5.02. The Labute approximate surface area is 156 Å². The van der Waals surface area contributed by atoms with E-state index in [9.17, 15) is 4.79 Å². The minimum atomic E-state index is -0.0599. The highest BCUT2D eigenvalue weighted by atomic mass is 16.2. The van der Waals surface area contributed by atoms with Crippen molar-refractivity contribution in [2.45, 2.75) is 39.7 Å². The molecular formula is C23H28N2O. The number of fused-ring (bicyclic) bond motifs is 2. The lowest BCUT2D eigenvalue weighted by atomic mass is 9.45. The fraction of sp³-hybridized carbons (Fsp3) is 0.435. The number of benzene rings is 2. The predicted octanol–water partition coefficient (Wildman–Crippen LogP) is 4.66. The summed E-state index contributed by atoms with van der Waals surface area (Å²) in [6, 6.07) is 18.4. The molecule has 5 rings (SSSR count). The first-order chi connectivity index (χ1) is 12.5.